The standard InChI is InChI=1S/C16H17NO3/c1-10-7-8-15(19)13(9-10)16(20)17-14-6-4-3-5-12(14)11(2)18/h3-9,11,18-19H,1-2H3,(H,17,20). The molecule has 0 radical (unpaired) electrons. The van der Waals surface area contributed by atoms with Gasteiger partial charge in [0.1, 0.15) is 5.75 Å². The Morgan fingerprint density at radius 2 is 1.90 bits per heavy atom. The molecule has 3 N–H and O–H groups in total. The van der Waals surface area contributed by atoms with Crippen molar-refractivity contribution in [3.8, 4) is 5.75 Å². The largest absolute Gasteiger partial charge is 0.507 e. The fourth-order valence-corrected chi connectivity index (χ4v) is 2.00. The number of carbonyl (C=O) groups is 1. The molecule has 0 saturated carbocycles. The van der Waals surface area contributed by atoms with Gasteiger partial charge in [0.25, 0.3) is 5.91 Å². The van der Waals surface area contributed by atoms with Gasteiger partial charge in [0.15, 0.2) is 0 Å². The van der Waals surface area contributed by atoms with Crippen LogP contribution in [0.1, 0.15) is 34.5 Å². The van der Waals surface area contributed by atoms with Crippen molar-refractivity contribution in [2.45, 2.75) is 20.0 Å². The number of aliphatic hydroxyl groups is 1. The number of hydrogen-bond donors (Lipinski definition) is 3. The van der Waals surface area contributed by atoms with E-state index in [1.165, 1.54) is 6.07 Å². The molecule has 0 heterocycles. The van der Waals surface area contributed by atoms with Crippen molar-refractivity contribution in [2.24, 2.45) is 0 Å². The molecule has 0 aromatic heterocycles. The number of rotatable bonds is 3. The number of phenolic OH excluding ortho intramolecular Hbond substituents is 1. The predicted molar refractivity (Wildman–Crippen MR) is 77.9 cm³/mol. The second-order valence-corrected chi connectivity index (χ2v) is 4.74. The van der Waals surface area contributed by atoms with Gasteiger partial charge < -0.3 is 15.5 Å². The Balaban J connectivity index is 2.31. The number of nitrogens with one attached hydrogen (secondary N) is 1. The van der Waals surface area contributed by atoms with Crippen molar-refractivity contribution < 1.29 is 15.0 Å². The van der Waals surface area contributed by atoms with Crippen molar-refractivity contribution in [1.29, 1.82) is 0 Å². The maximum atomic E-state index is 12.2. The van der Waals surface area contributed by atoms with Crippen molar-refractivity contribution >= 4 is 11.6 Å². The number of aliphatic hydroxyl groups excluding tert-OH is 1. The first-order valence-corrected chi connectivity index (χ1v) is 6.37. The summed E-state index contributed by atoms with van der Waals surface area (Å²) in [6.45, 7) is 3.48. The second kappa shape index (κ2) is 5.75. The van der Waals surface area contributed by atoms with Gasteiger partial charge in [0.2, 0.25) is 0 Å². The van der Waals surface area contributed by atoms with E-state index >= 15 is 0 Å². The van der Waals surface area contributed by atoms with E-state index in [2.05, 4.69) is 5.32 Å². The van der Waals surface area contributed by atoms with Crippen molar-refractivity contribution in [2.75, 3.05) is 5.32 Å². The van der Waals surface area contributed by atoms with E-state index in [-0.39, 0.29) is 11.3 Å². The Bertz CT molecular complexity index is 635. The van der Waals surface area contributed by atoms with Crippen LogP contribution >= 0.6 is 0 Å². The molecule has 2 aromatic rings. The van der Waals surface area contributed by atoms with Crippen LogP contribution in [-0.2, 0) is 0 Å². The van der Waals surface area contributed by atoms with Gasteiger partial charge in [-0.15, -0.1) is 0 Å². The highest BCUT2D eigenvalue weighted by molar-refractivity contribution is 6.06. The van der Waals surface area contributed by atoms with E-state index < -0.39 is 12.0 Å². The van der Waals surface area contributed by atoms with Crippen LogP contribution in [0.5, 0.6) is 5.75 Å². The minimum atomic E-state index is -0.683. The predicted octanol–water partition coefficient (Wildman–Crippen LogP) is 3.01. The molecule has 0 saturated heterocycles. The molecule has 1 atom stereocenters. The van der Waals surface area contributed by atoms with Gasteiger partial charge in [0.05, 0.1) is 11.7 Å². The summed E-state index contributed by atoms with van der Waals surface area (Å²) in [6, 6.07) is 11.9. The topological polar surface area (TPSA) is 69.6 Å². The zero-order chi connectivity index (χ0) is 14.7. The second-order valence-electron chi connectivity index (χ2n) is 4.74. The number of amides is 1. The van der Waals surface area contributed by atoms with Gasteiger partial charge in [0, 0.05) is 11.3 Å². The van der Waals surface area contributed by atoms with E-state index in [1.54, 1.807) is 43.3 Å². The molecular weight excluding hydrogens is 254 g/mol. The molecule has 4 heteroatoms. The number of phenols is 1. The van der Waals surface area contributed by atoms with Gasteiger partial charge >= 0.3 is 0 Å². The molecule has 2 aromatic carbocycles. The zero-order valence-corrected chi connectivity index (χ0v) is 11.4. The fourth-order valence-electron chi connectivity index (χ4n) is 2.00. The Morgan fingerprint density at radius 1 is 1.20 bits per heavy atom. The first-order valence-electron chi connectivity index (χ1n) is 6.37. The number of aromatic hydroxyl groups is 1. The van der Waals surface area contributed by atoms with E-state index in [0.717, 1.165) is 5.56 Å². The van der Waals surface area contributed by atoms with Gasteiger partial charge in [-0.05, 0) is 32.0 Å². The van der Waals surface area contributed by atoms with Crippen LogP contribution in [0.25, 0.3) is 0 Å². The maximum Gasteiger partial charge on any atom is 0.259 e. The van der Waals surface area contributed by atoms with E-state index in [4.69, 9.17) is 0 Å². The van der Waals surface area contributed by atoms with Crippen LogP contribution in [0.4, 0.5) is 5.69 Å². The van der Waals surface area contributed by atoms with E-state index in [0.29, 0.717) is 11.3 Å². The SMILES string of the molecule is Cc1ccc(O)c(C(=O)Nc2ccccc2C(C)O)c1. The lowest BCUT2D eigenvalue weighted by molar-refractivity contribution is 0.102. The lowest BCUT2D eigenvalue weighted by Gasteiger charge is -2.13. The Kier molecular flexibility index (Phi) is 4.05. The van der Waals surface area contributed by atoms with Crippen molar-refractivity contribution in [1.82, 2.24) is 0 Å². The minimum absolute atomic E-state index is 0.0670. The summed E-state index contributed by atoms with van der Waals surface area (Å²) in [5, 5.41) is 22.2. The third kappa shape index (κ3) is 2.97. The minimum Gasteiger partial charge on any atom is -0.507 e. The van der Waals surface area contributed by atoms with Crippen molar-refractivity contribution in [3.63, 3.8) is 0 Å². The number of anilines is 1. The summed E-state index contributed by atoms with van der Waals surface area (Å²) in [6.07, 6.45) is -0.683. The molecule has 0 bridgehead atoms. The molecule has 2 rings (SSSR count). The fraction of sp³-hybridized carbons (Fsp3) is 0.188. The summed E-state index contributed by atoms with van der Waals surface area (Å²) >= 11 is 0. The molecule has 0 aliphatic carbocycles. The molecule has 20 heavy (non-hydrogen) atoms. The third-order valence-corrected chi connectivity index (χ3v) is 3.06. The molecular formula is C16H17NO3. The average Bonchev–Trinajstić information content (AvgIpc) is 2.41. The average molecular weight is 271 g/mol. The molecule has 0 aliphatic heterocycles. The number of hydrogen-bond acceptors (Lipinski definition) is 3. The summed E-state index contributed by atoms with van der Waals surface area (Å²) in [5.41, 5.74) is 2.27. The van der Waals surface area contributed by atoms with Crippen LogP contribution in [0.15, 0.2) is 42.5 Å². The quantitative estimate of drug-likeness (QED) is 0.803. The molecule has 1 amide bonds. The Hall–Kier alpha value is -2.33. The highest BCUT2D eigenvalue weighted by atomic mass is 16.3. The highest BCUT2D eigenvalue weighted by Crippen LogP contribution is 2.24. The number of carbonyl (C=O) groups excluding carboxylic acids is 1. The molecule has 4 nitrogen and oxygen atoms in total. The lowest BCUT2D eigenvalue weighted by Crippen LogP contribution is -2.14. The number of benzene rings is 2. The molecule has 104 valence electrons. The van der Waals surface area contributed by atoms with Crippen molar-refractivity contribution in [3.05, 3.63) is 59.2 Å². The van der Waals surface area contributed by atoms with Crippen LogP contribution in [0.3, 0.4) is 0 Å². The van der Waals surface area contributed by atoms with Crippen LogP contribution in [-0.4, -0.2) is 16.1 Å². The normalized spacial score (nSPS) is 11.9. The third-order valence-electron chi connectivity index (χ3n) is 3.06. The van der Waals surface area contributed by atoms with Crippen LogP contribution < -0.4 is 5.32 Å². The highest BCUT2D eigenvalue weighted by Gasteiger charge is 2.14. The van der Waals surface area contributed by atoms with Crippen LogP contribution in [0, 0.1) is 6.92 Å². The molecule has 0 aliphatic rings. The first kappa shape index (κ1) is 14.1. The summed E-state index contributed by atoms with van der Waals surface area (Å²) in [5.74, 6) is -0.470. The van der Waals surface area contributed by atoms with Gasteiger partial charge in [-0.3, -0.25) is 4.79 Å². The maximum absolute atomic E-state index is 12.2. The molecule has 1 unspecified atom stereocenters. The molecule has 0 fully saturated rings. The molecule has 0 spiro atoms. The van der Waals surface area contributed by atoms with Crippen LogP contribution in [0.2, 0.25) is 0 Å². The summed E-state index contributed by atoms with van der Waals surface area (Å²) in [4.78, 5) is 12.2. The summed E-state index contributed by atoms with van der Waals surface area (Å²) < 4.78 is 0. The first-order chi connectivity index (χ1) is 9.49. The van der Waals surface area contributed by atoms with Gasteiger partial charge in [-0.2, -0.15) is 0 Å². The number of para-hydroxylation sites is 1. The van der Waals surface area contributed by atoms with E-state index in [9.17, 15) is 15.0 Å². The van der Waals surface area contributed by atoms with E-state index in [1.807, 2.05) is 6.92 Å². The van der Waals surface area contributed by atoms with Gasteiger partial charge in [-0.1, -0.05) is 29.8 Å². The monoisotopic (exact) mass is 271 g/mol. The Morgan fingerprint density at radius 3 is 2.60 bits per heavy atom. The summed E-state index contributed by atoms with van der Waals surface area (Å²) in [7, 11) is 0. The lowest BCUT2D eigenvalue weighted by atomic mass is 10.1. The zero-order valence-electron chi connectivity index (χ0n) is 11.4. The smallest absolute Gasteiger partial charge is 0.259 e. The number of aryl methyl sites for hydroxylation is 1. The van der Waals surface area contributed by atoms with Gasteiger partial charge in [-0.25, -0.2) is 0 Å². The Labute approximate surface area is 117 Å².